The number of hydrogen-bond acceptors (Lipinski definition) is 8. The predicted octanol–water partition coefficient (Wildman–Crippen LogP) is 2.16. The second-order valence-electron chi connectivity index (χ2n) is 5.26. The van der Waals surface area contributed by atoms with Gasteiger partial charge in [0.15, 0.2) is 0 Å². The van der Waals surface area contributed by atoms with E-state index in [4.69, 9.17) is 9.47 Å². The maximum Gasteiger partial charge on any atom is 0.344 e. The Morgan fingerprint density at radius 1 is 1.31 bits per heavy atom. The highest BCUT2D eigenvalue weighted by Gasteiger charge is 2.30. The Bertz CT molecular complexity index is 763. The van der Waals surface area contributed by atoms with E-state index in [9.17, 15) is 19.7 Å². The molecule has 1 unspecified atom stereocenters. The largest absolute Gasteiger partial charge is 0.432 e. The van der Waals surface area contributed by atoms with Crippen LogP contribution < -0.4 is 10.1 Å². The van der Waals surface area contributed by atoms with Gasteiger partial charge in [-0.1, -0.05) is 18.2 Å². The van der Waals surface area contributed by atoms with Crippen molar-refractivity contribution in [2.45, 2.75) is 19.6 Å². The van der Waals surface area contributed by atoms with Crippen LogP contribution in [0.15, 0.2) is 48.2 Å². The molecule has 0 spiro atoms. The van der Waals surface area contributed by atoms with E-state index in [-0.39, 0.29) is 30.3 Å². The van der Waals surface area contributed by atoms with Gasteiger partial charge in [0.2, 0.25) is 5.72 Å². The number of para-hydroxylation sites is 1. The van der Waals surface area contributed by atoms with Crippen LogP contribution in [0.1, 0.15) is 24.2 Å². The number of allylic oxidation sites excluding steroid dienone is 2. The molecule has 0 saturated heterocycles. The van der Waals surface area contributed by atoms with E-state index in [1.807, 2.05) is 0 Å². The summed E-state index contributed by atoms with van der Waals surface area (Å²) in [6, 6.07) is 6.15. The van der Waals surface area contributed by atoms with E-state index < -0.39 is 22.8 Å². The van der Waals surface area contributed by atoms with Crippen LogP contribution in [0.3, 0.4) is 0 Å². The lowest BCUT2D eigenvalue weighted by Crippen LogP contribution is -2.46. The molecule has 0 aliphatic carbocycles. The van der Waals surface area contributed by atoms with E-state index in [2.05, 4.69) is 10.2 Å². The average Bonchev–Trinajstić information content (AvgIpc) is 2.52. The molecule has 0 bridgehead atoms. The average molecular weight is 385 g/mol. The summed E-state index contributed by atoms with van der Waals surface area (Å²) < 4.78 is 10.4. The molecule has 1 aliphatic rings. The van der Waals surface area contributed by atoms with Crippen LogP contribution >= 0.6 is 12.4 Å². The number of dihydropyridines is 1. The first-order valence-electron chi connectivity index (χ1n) is 7.24. The van der Waals surface area contributed by atoms with Gasteiger partial charge in [0.25, 0.3) is 5.09 Å². The van der Waals surface area contributed by atoms with Crippen LogP contribution in [-0.2, 0) is 14.4 Å². The second-order valence-corrected chi connectivity index (χ2v) is 5.26. The van der Waals surface area contributed by atoms with Crippen molar-refractivity contribution >= 4 is 24.3 Å². The Morgan fingerprint density at radius 2 is 2.00 bits per heavy atom. The number of carbonyl (C=O) groups is 2. The highest BCUT2D eigenvalue weighted by Crippen LogP contribution is 2.23. The van der Waals surface area contributed by atoms with Gasteiger partial charge in [0.05, 0.1) is 0 Å². The Hall–Kier alpha value is -3.07. The number of carbonyl (C=O) groups excluding carboxylic acids is 2. The number of halogens is 1. The molecule has 0 saturated carbocycles. The number of hydrogen-bond donors (Lipinski definition) is 1. The Morgan fingerprint density at radius 3 is 2.65 bits per heavy atom. The molecular weight excluding hydrogens is 368 g/mol. The Balaban J connectivity index is 0.00000338. The zero-order chi connectivity index (χ0) is 18.4. The quantitative estimate of drug-likeness (QED) is 0.343. The Labute approximate surface area is 155 Å². The van der Waals surface area contributed by atoms with E-state index in [0.717, 1.165) is 0 Å². The topological polar surface area (TPSA) is 117 Å². The summed E-state index contributed by atoms with van der Waals surface area (Å²) in [5.41, 5.74) is -0.806. The highest BCUT2D eigenvalue weighted by molar-refractivity contribution is 5.93. The first-order chi connectivity index (χ1) is 11.8. The van der Waals surface area contributed by atoms with Crippen molar-refractivity contribution in [3.05, 3.63) is 63.9 Å². The molecule has 1 aliphatic heterocycles. The molecule has 140 valence electrons. The summed E-state index contributed by atoms with van der Waals surface area (Å²) in [4.78, 5) is 38.1. The van der Waals surface area contributed by atoms with E-state index >= 15 is 0 Å². The van der Waals surface area contributed by atoms with Gasteiger partial charge in [0, 0.05) is 12.6 Å². The fraction of sp³-hybridized carbons (Fsp3) is 0.250. The Kier molecular flexibility index (Phi) is 7.15. The van der Waals surface area contributed by atoms with Crippen molar-refractivity contribution in [2.24, 2.45) is 0 Å². The van der Waals surface area contributed by atoms with E-state index in [0.29, 0.717) is 5.70 Å². The maximum absolute atomic E-state index is 12.4. The van der Waals surface area contributed by atoms with Gasteiger partial charge >= 0.3 is 11.9 Å². The first-order valence-corrected chi connectivity index (χ1v) is 7.24. The third kappa shape index (κ3) is 5.78. The van der Waals surface area contributed by atoms with Gasteiger partial charge in [-0.3, -0.25) is 4.79 Å². The number of esters is 2. The fourth-order valence-corrected chi connectivity index (χ4v) is 2.14. The zero-order valence-electron chi connectivity index (χ0n) is 14.0. The van der Waals surface area contributed by atoms with Gasteiger partial charge in [-0.05, 0) is 31.2 Å². The van der Waals surface area contributed by atoms with Crippen LogP contribution in [0.4, 0.5) is 0 Å². The molecule has 10 heteroatoms. The van der Waals surface area contributed by atoms with E-state index in [1.54, 1.807) is 37.3 Å². The molecular formula is C16H17ClN2O7. The number of benzene rings is 1. The van der Waals surface area contributed by atoms with Crippen molar-refractivity contribution in [2.75, 3.05) is 6.61 Å². The summed E-state index contributed by atoms with van der Waals surface area (Å²) in [5, 5.41) is 12.2. The molecule has 1 heterocycles. The number of ether oxygens (including phenoxy) is 2. The monoisotopic (exact) mass is 384 g/mol. The lowest BCUT2D eigenvalue weighted by Gasteiger charge is -2.31. The molecule has 1 atom stereocenters. The maximum atomic E-state index is 12.4. The minimum atomic E-state index is -1.25. The smallest absolute Gasteiger partial charge is 0.344 e. The van der Waals surface area contributed by atoms with Crippen LogP contribution in [-0.4, -0.2) is 29.4 Å². The normalized spacial score (nSPS) is 17.8. The van der Waals surface area contributed by atoms with Crippen molar-refractivity contribution in [1.82, 2.24) is 5.32 Å². The van der Waals surface area contributed by atoms with E-state index in [1.165, 1.54) is 19.1 Å². The van der Waals surface area contributed by atoms with Crippen molar-refractivity contribution in [1.29, 1.82) is 0 Å². The van der Waals surface area contributed by atoms with Crippen LogP contribution in [0, 0.1) is 10.1 Å². The minimum Gasteiger partial charge on any atom is -0.432 e. The van der Waals surface area contributed by atoms with Gasteiger partial charge in [0.1, 0.15) is 17.9 Å². The van der Waals surface area contributed by atoms with Crippen molar-refractivity contribution in [3.8, 4) is 5.75 Å². The zero-order valence-corrected chi connectivity index (χ0v) is 14.8. The van der Waals surface area contributed by atoms with Crippen LogP contribution in [0.5, 0.6) is 5.75 Å². The molecule has 0 aromatic heterocycles. The molecule has 2 rings (SSSR count). The molecule has 1 aromatic rings. The van der Waals surface area contributed by atoms with Gasteiger partial charge in [-0.2, -0.15) is 0 Å². The highest BCUT2D eigenvalue weighted by atomic mass is 35.5. The van der Waals surface area contributed by atoms with Crippen molar-refractivity contribution in [3.63, 3.8) is 0 Å². The molecule has 0 radical (unpaired) electrons. The molecule has 9 nitrogen and oxygen atoms in total. The lowest BCUT2D eigenvalue weighted by atomic mass is 10.1. The molecule has 0 amide bonds. The lowest BCUT2D eigenvalue weighted by molar-refractivity contribution is -0.755. The molecule has 0 fully saturated rings. The minimum absolute atomic E-state index is 0. The SMILES string of the molecule is CC(=O)Oc1ccccc1C(=O)OC1(C)C=CC=C(CO[N+](=O)[O-])N1.Cl. The summed E-state index contributed by atoms with van der Waals surface area (Å²) in [6.45, 7) is 2.48. The predicted molar refractivity (Wildman–Crippen MR) is 92.1 cm³/mol. The third-order valence-corrected chi connectivity index (χ3v) is 3.11. The van der Waals surface area contributed by atoms with Gasteiger partial charge < -0.3 is 19.6 Å². The fourth-order valence-electron chi connectivity index (χ4n) is 2.14. The second kappa shape index (κ2) is 8.86. The molecule has 1 aromatic carbocycles. The van der Waals surface area contributed by atoms with Crippen LogP contribution in [0.25, 0.3) is 0 Å². The van der Waals surface area contributed by atoms with Crippen LogP contribution in [0.2, 0.25) is 0 Å². The third-order valence-electron chi connectivity index (χ3n) is 3.11. The molecule has 26 heavy (non-hydrogen) atoms. The summed E-state index contributed by atoms with van der Waals surface area (Å²) in [7, 11) is 0. The van der Waals surface area contributed by atoms with Gasteiger partial charge in [-0.25, -0.2) is 4.79 Å². The summed E-state index contributed by atoms with van der Waals surface area (Å²) in [5.74, 6) is -1.21. The standard InChI is InChI=1S/C16H16N2O7.ClH/c1-11(19)24-14-8-4-3-7-13(14)15(20)25-16(2)9-5-6-12(17-16)10-23-18(21)22;/h3-9,17H,10H2,1-2H3;1H. The van der Waals surface area contributed by atoms with Crippen molar-refractivity contribution < 1.29 is 29.0 Å². The molecule has 1 N–H and O–H groups in total. The van der Waals surface area contributed by atoms with Gasteiger partial charge in [-0.15, -0.1) is 22.5 Å². The number of rotatable bonds is 6. The summed E-state index contributed by atoms with van der Waals surface area (Å²) in [6.07, 6.45) is 4.71. The number of nitrogens with one attached hydrogen (secondary N) is 1. The summed E-state index contributed by atoms with van der Waals surface area (Å²) >= 11 is 0. The number of nitrogens with zero attached hydrogens (tertiary/aromatic N) is 1. The first kappa shape index (κ1) is 21.0.